The van der Waals surface area contributed by atoms with Gasteiger partial charge in [-0.15, -0.1) is 0 Å². The van der Waals surface area contributed by atoms with Crippen molar-refractivity contribution < 1.29 is 19.0 Å². The van der Waals surface area contributed by atoms with E-state index in [1.807, 2.05) is 0 Å². The van der Waals surface area contributed by atoms with Crippen molar-refractivity contribution in [3.63, 3.8) is 0 Å². The number of anilines is 1. The summed E-state index contributed by atoms with van der Waals surface area (Å²) in [5.41, 5.74) is 0.423. The van der Waals surface area contributed by atoms with Crippen LogP contribution in [0, 0.1) is 5.95 Å². The number of nitrogens with zero attached hydrogens (tertiary/aromatic N) is 1. The number of carbonyl (C=O) groups is 1. The Kier molecular flexibility index (Phi) is 3.61. The van der Waals surface area contributed by atoms with Crippen LogP contribution in [0.3, 0.4) is 0 Å². The van der Waals surface area contributed by atoms with E-state index in [1.54, 1.807) is 6.07 Å². The summed E-state index contributed by atoms with van der Waals surface area (Å²) in [5.74, 6) is -0.914. The van der Waals surface area contributed by atoms with Crippen LogP contribution in [0.15, 0.2) is 36.5 Å². The number of phenolic OH excluding ortho intramolecular Hbond substituents is 1. The van der Waals surface area contributed by atoms with E-state index in [1.165, 1.54) is 31.5 Å². The zero-order valence-electron chi connectivity index (χ0n) is 10.1. The van der Waals surface area contributed by atoms with Gasteiger partial charge in [0.05, 0.1) is 24.6 Å². The van der Waals surface area contributed by atoms with Crippen LogP contribution in [0.2, 0.25) is 0 Å². The lowest BCUT2D eigenvalue weighted by Gasteiger charge is -2.07. The molecule has 0 atom stereocenters. The van der Waals surface area contributed by atoms with Gasteiger partial charge >= 0.3 is 0 Å². The second kappa shape index (κ2) is 5.34. The number of aromatic nitrogens is 1. The zero-order chi connectivity index (χ0) is 13.8. The average molecular weight is 262 g/mol. The number of hydrogen-bond donors (Lipinski definition) is 2. The number of aromatic hydroxyl groups is 1. The summed E-state index contributed by atoms with van der Waals surface area (Å²) >= 11 is 0. The summed E-state index contributed by atoms with van der Waals surface area (Å²) in [7, 11) is 1.46. The van der Waals surface area contributed by atoms with Gasteiger partial charge in [-0.05, 0) is 24.3 Å². The highest BCUT2D eigenvalue weighted by molar-refractivity contribution is 6.06. The van der Waals surface area contributed by atoms with Gasteiger partial charge in [-0.25, -0.2) is 4.98 Å². The van der Waals surface area contributed by atoms with Crippen LogP contribution in [0.25, 0.3) is 0 Å². The van der Waals surface area contributed by atoms with Crippen LogP contribution < -0.4 is 10.1 Å². The monoisotopic (exact) mass is 262 g/mol. The highest BCUT2D eigenvalue weighted by atomic mass is 19.1. The quantitative estimate of drug-likeness (QED) is 0.832. The lowest BCUT2D eigenvalue weighted by atomic mass is 10.1. The standard InChI is InChI=1S/C13H11FN2O3/c1-19-9-3-4-10(11(17)6-9)13(18)16-8-2-5-12(14)15-7-8/h2-7,17H,1H3,(H,16,18). The zero-order valence-corrected chi connectivity index (χ0v) is 10.1. The van der Waals surface area contributed by atoms with Gasteiger partial charge in [0.25, 0.3) is 5.91 Å². The first-order valence-electron chi connectivity index (χ1n) is 5.40. The molecule has 1 aromatic heterocycles. The molecule has 5 nitrogen and oxygen atoms in total. The average Bonchev–Trinajstić information content (AvgIpc) is 2.41. The summed E-state index contributed by atoms with van der Waals surface area (Å²) in [6, 6.07) is 6.82. The molecule has 2 N–H and O–H groups in total. The number of halogens is 1. The van der Waals surface area contributed by atoms with E-state index in [2.05, 4.69) is 10.3 Å². The van der Waals surface area contributed by atoms with E-state index < -0.39 is 11.9 Å². The van der Waals surface area contributed by atoms with Gasteiger partial charge in [0.15, 0.2) is 0 Å². The number of benzene rings is 1. The van der Waals surface area contributed by atoms with E-state index in [-0.39, 0.29) is 11.3 Å². The van der Waals surface area contributed by atoms with Gasteiger partial charge in [-0.1, -0.05) is 0 Å². The maximum atomic E-state index is 12.6. The molecule has 0 aliphatic rings. The van der Waals surface area contributed by atoms with Gasteiger partial charge in [0.1, 0.15) is 11.5 Å². The molecular weight excluding hydrogens is 251 g/mol. The third kappa shape index (κ3) is 2.98. The fourth-order valence-electron chi connectivity index (χ4n) is 1.48. The van der Waals surface area contributed by atoms with Crippen molar-refractivity contribution >= 4 is 11.6 Å². The molecule has 1 amide bonds. The van der Waals surface area contributed by atoms with E-state index in [0.29, 0.717) is 11.4 Å². The number of rotatable bonds is 3. The third-order valence-corrected chi connectivity index (χ3v) is 2.43. The number of nitrogens with one attached hydrogen (secondary N) is 1. The number of methoxy groups -OCH3 is 1. The molecule has 0 aliphatic heterocycles. The molecular formula is C13H11FN2O3. The normalized spacial score (nSPS) is 10.0. The molecule has 0 aliphatic carbocycles. The van der Waals surface area contributed by atoms with Gasteiger partial charge in [0, 0.05) is 6.07 Å². The molecule has 0 saturated heterocycles. The summed E-state index contributed by atoms with van der Waals surface area (Å²) in [6.45, 7) is 0. The van der Waals surface area contributed by atoms with Gasteiger partial charge in [0.2, 0.25) is 5.95 Å². The van der Waals surface area contributed by atoms with Crippen LogP contribution >= 0.6 is 0 Å². The third-order valence-electron chi connectivity index (χ3n) is 2.43. The van der Waals surface area contributed by atoms with Gasteiger partial charge in [-0.3, -0.25) is 4.79 Å². The Morgan fingerprint density at radius 2 is 2.16 bits per heavy atom. The highest BCUT2D eigenvalue weighted by Crippen LogP contribution is 2.24. The molecule has 19 heavy (non-hydrogen) atoms. The van der Waals surface area contributed by atoms with Crippen molar-refractivity contribution in [2.24, 2.45) is 0 Å². The molecule has 0 spiro atoms. The Bertz CT molecular complexity index is 599. The van der Waals surface area contributed by atoms with E-state index in [0.717, 1.165) is 6.07 Å². The van der Waals surface area contributed by atoms with Crippen LogP contribution in [0.1, 0.15) is 10.4 Å². The lowest BCUT2D eigenvalue weighted by molar-refractivity contribution is 0.102. The van der Waals surface area contributed by atoms with Crippen LogP contribution in [-0.4, -0.2) is 23.1 Å². The SMILES string of the molecule is COc1ccc(C(=O)Nc2ccc(F)nc2)c(O)c1. The number of hydrogen-bond acceptors (Lipinski definition) is 4. The van der Waals surface area contributed by atoms with Crippen molar-refractivity contribution in [3.05, 3.63) is 48.0 Å². The maximum absolute atomic E-state index is 12.6. The smallest absolute Gasteiger partial charge is 0.259 e. The predicted molar refractivity (Wildman–Crippen MR) is 66.8 cm³/mol. The largest absolute Gasteiger partial charge is 0.507 e. The molecule has 0 radical (unpaired) electrons. The van der Waals surface area contributed by atoms with Crippen molar-refractivity contribution in [2.45, 2.75) is 0 Å². The Hall–Kier alpha value is -2.63. The van der Waals surface area contributed by atoms with Crippen molar-refractivity contribution in [3.8, 4) is 11.5 Å². The molecule has 98 valence electrons. The van der Waals surface area contributed by atoms with Crippen molar-refractivity contribution in [1.29, 1.82) is 0 Å². The minimum absolute atomic E-state index is 0.0881. The minimum atomic E-state index is -0.634. The fraction of sp³-hybridized carbons (Fsp3) is 0.0769. The molecule has 0 bridgehead atoms. The van der Waals surface area contributed by atoms with Crippen LogP contribution in [0.4, 0.5) is 10.1 Å². The highest BCUT2D eigenvalue weighted by Gasteiger charge is 2.12. The predicted octanol–water partition coefficient (Wildman–Crippen LogP) is 2.19. The van der Waals surface area contributed by atoms with Crippen LogP contribution in [0.5, 0.6) is 11.5 Å². The number of ether oxygens (including phenoxy) is 1. The summed E-state index contributed by atoms with van der Waals surface area (Å²) in [6.07, 6.45) is 1.19. The number of phenols is 1. The topological polar surface area (TPSA) is 71.5 Å². The Morgan fingerprint density at radius 3 is 2.74 bits per heavy atom. The minimum Gasteiger partial charge on any atom is -0.507 e. The second-order valence-electron chi connectivity index (χ2n) is 3.71. The Balaban J connectivity index is 2.18. The summed E-state index contributed by atoms with van der Waals surface area (Å²) in [5, 5.41) is 12.2. The second-order valence-corrected chi connectivity index (χ2v) is 3.71. The maximum Gasteiger partial charge on any atom is 0.259 e. The van der Waals surface area contributed by atoms with Gasteiger partial charge < -0.3 is 15.2 Å². The van der Waals surface area contributed by atoms with Crippen LogP contribution in [-0.2, 0) is 0 Å². The lowest BCUT2D eigenvalue weighted by Crippen LogP contribution is -2.12. The summed E-state index contributed by atoms with van der Waals surface area (Å²) < 4.78 is 17.5. The van der Waals surface area contributed by atoms with Crippen molar-refractivity contribution in [2.75, 3.05) is 12.4 Å². The molecule has 0 saturated carbocycles. The molecule has 2 aromatic rings. The Morgan fingerprint density at radius 1 is 1.37 bits per heavy atom. The number of amides is 1. The number of pyridine rings is 1. The number of carbonyl (C=O) groups excluding carboxylic acids is 1. The first-order valence-corrected chi connectivity index (χ1v) is 5.40. The fourth-order valence-corrected chi connectivity index (χ4v) is 1.48. The molecule has 2 rings (SSSR count). The Labute approximate surface area is 108 Å². The van der Waals surface area contributed by atoms with E-state index in [9.17, 15) is 14.3 Å². The molecule has 1 aromatic carbocycles. The molecule has 1 heterocycles. The molecule has 6 heteroatoms. The summed E-state index contributed by atoms with van der Waals surface area (Å²) in [4.78, 5) is 15.3. The molecule has 0 unspecified atom stereocenters. The van der Waals surface area contributed by atoms with Crippen molar-refractivity contribution in [1.82, 2.24) is 4.98 Å². The first kappa shape index (κ1) is 12.8. The van der Waals surface area contributed by atoms with Gasteiger partial charge in [-0.2, -0.15) is 4.39 Å². The molecule has 0 fully saturated rings. The van der Waals surface area contributed by atoms with E-state index in [4.69, 9.17) is 4.74 Å². The van der Waals surface area contributed by atoms with E-state index >= 15 is 0 Å². The first-order chi connectivity index (χ1) is 9.10.